The van der Waals surface area contributed by atoms with E-state index >= 15 is 0 Å². The lowest BCUT2D eigenvalue weighted by atomic mass is 10.3. The summed E-state index contributed by atoms with van der Waals surface area (Å²) in [5.41, 5.74) is 1.56. The third-order valence-corrected chi connectivity index (χ3v) is 3.70. The van der Waals surface area contributed by atoms with Crippen molar-refractivity contribution in [3.8, 4) is 0 Å². The van der Waals surface area contributed by atoms with Gasteiger partial charge in [-0.2, -0.15) is 0 Å². The minimum Gasteiger partial charge on any atom is -0.371 e. The first kappa shape index (κ1) is 12.5. The fourth-order valence-electron chi connectivity index (χ4n) is 2.22. The van der Waals surface area contributed by atoms with Gasteiger partial charge in [0, 0.05) is 12.7 Å². The zero-order chi connectivity index (χ0) is 13.5. The molecule has 0 bridgehead atoms. The second kappa shape index (κ2) is 4.55. The van der Waals surface area contributed by atoms with Gasteiger partial charge in [-0.1, -0.05) is 0 Å². The number of hydrogen-bond acceptors (Lipinski definition) is 5. The SMILES string of the molecule is CS(=O)(=O)NCC1COCc2nc3cccnc3n21. The minimum atomic E-state index is -3.22. The highest BCUT2D eigenvalue weighted by Gasteiger charge is 2.25. The van der Waals surface area contributed by atoms with Crippen LogP contribution >= 0.6 is 0 Å². The number of pyridine rings is 1. The Bertz CT molecular complexity index is 710. The summed E-state index contributed by atoms with van der Waals surface area (Å²) in [5.74, 6) is 0.778. The van der Waals surface area contributed by atoms with Gasteiger partial charge in [-0.25, -0.2) is 23.1 Å². The van der Waals surface area contributed by atoms with Crippen LogP contribution in [0.15, 0.2) is 18.3 Å². The predicted molar refractivity (Wildman–Crippen MR) is 69.1 cm³/mol. The number of nitrogens with one attached hydrogen (secondary N) is 1. The molecule has 8 heteroatoms. The Kier molecular flexibility index (Phi) is 3.00. The second-order valence-corrected chi connectivity index (χ2v) is 6.37. The average molecular weight is 282 g/mol. The van der Waals surface area contributed by atoms with Crippen LogP contribution in [-0.2, 0) is 21.4 Å². The van der Waals surface area contributed by atoms with E-state index in [4.69, 9.17) is 4.74 Å². The van der Waals surface area contributed by atoms with Crippen LogP contribution in [0.4, 0.5) is 0 Å². The van der Waals surface area contributed by atoms with Gasteiger partial charge < -0.3 is 9.30 Å². The van der Waals surface area contributed by atoms with E-state index in [1.165, 1.54) is 0 Å². The molecule has 0 amide bonds. The molecule has 3 heterocycles. The smallest absolute Gasteiger partial charge is 0.208 e. The van der Waals surface area contributed by atoms with Crippen molar-refractivity contribution in [1.29, 1.82) is 0 Å². The van der Waals surface area contributed by atoms with Crippen molar-refractivity contribution in [2.24, 2.45) is 0 Å². The molecule has 0 aliphatic carbocycles. The molecule has 102 valence electrons. The largest absolute Gasteiger partial charge is 0.371 e. The Morgan fingerprint density at radius 3 is 3.21 bits per heavy atom. The summed E-state index contributed by atoms with van der Waals surface area (Å²) in [6.45, 7) is 1.14. The Labute approximate surface area is 110 Å². The van der Waals surface area contributed by atoms with Crippen LogP contribution in [0, 0.1) is 0 Å². The van der Waals surface area contributed by atoms with Crippen molar-refractivity contribution in [3.63, 3.8) is 0 Å². The van der Waals surface area contributed by atoms with E-state index in [0.717, 1.165) is 23.2 Å². The number of rotatable bonds is 3. The molecule has 7 nitrogen and oxygen atoms in total. The highest BCUT2D eigenvalue weighted by atomic mass is 32.2. The van der Waals surface area contributed by atoms with Gasteiger partial charge in [0.25, 0.3) is 0 Å². The van der Waals surface area contributed by atoms with Gasteiger partial charge >= 0.3 is 0 Å². The molecular formula is C11H14N4O3S. The lowest BCUT2D eigenvalue weighted by Crippen LogP contribution is -2.35. The zero-order valence-electron chi connectivity index (χ0n) is 10.4. The maximum absolute atomic E-state index is 11.2. The number of imidazole rings is 1. The molecule has 0 saturated carbocycles. The fourth-order valence-corrected chi connectivity index (χ4v) is 2.72. The topological polar surface area (TPSA) is 86.1 Å². The molecule has 19 heavy (non-hydrogen) atoms. The standard InChI is InChI=1S/C11H14N4O3S/c1-19(16,17)13-5-8-6-18-7-10-14-9-3-2-4-12-11(9)15(8)10/h2-4,8,13H,5-7H2,1H3. The molecule has 0 saturated heterocycles. The van der Waals surface area contributed by atoms with E-state index in [9.17, 15) is 8.42 Å². The summed E-state index contributed by atoms with van der Waals surface area (Å²) in [7, 11) is -3.22. The third kappa shape index (κ3) is 2.46. The van der Waals surface area contributed by atoms with Crippen LogP contribution in [0.3, 0.4) is 0 Å². The first-order valence-electron chi connectivity index (χ1n) is 5.89. The van der Waals surface area contributed by atoms with E-state index in [2.05, 4.69) is 14.7 Å². The van der Waals surface area contributed by atoms with Crippen LogP contribution in [0.25, 0.3) is 11.2 Å². The Balaban J connectivity index is 1.99. The highest BCUT2D eigenvalue weighted by Crippen LogP contribution is 2.23. The number of fused-ring (bicyclic) bond motifs is 3. The molecule has 0 spiro atoms. The summed E-state index contributed by atoms with van der Waals surface area (Å²) < 4.78 is 32.3. The molecule has 1 unspecified atom stereocenters. The second-order valence-electron chi connectivity index (χ2n) is 4.53. The van der Waals surface area contributed by atoms with Gasteiger partial charge in [0.2, 0.25) is 10.0 Å². The van der Waals surface area contributed by atoms with Gasteiger partial charge in [-0.15, -0.1) is 0 Å². The first-order chi connectivity index (χ1) is 9.04. The summed E-state index contributed by atoms with van der Waals surface area (Å²) in [4.78, 5) is 8.76. The van der Waals surface area contributed by atoms with Crippen LogP contribution in [0.5, 0.6) is 0 Å². The Morgan fingerprint density at radius 1 is 1.58 bits per heavy atom. The lowest BCUT2D eigenvalue weighted by molar-refractivity contribution is 0.0578. The molecule has 1 atom stereocenters. The number of sulfonamides is 1. The van der Waals surface area contributed by atoms with Gasteiger partial charge in [0.05, 0.1) is 18.9 Å². The molecule has 1 N–H and O–H groups in total. The highest BCUT2D eigenvalue weighted by molar-refractivity contribution is 7.88. The molecule has 1 aliphatic rings. The summed E-state index contributed by atoms with van der Waals surface area (Å²) >= 11 is 0. The quantitative estimate of drug-likeness (QED) is 0.859. The van der Waals surface area contributed by atoms with E-state index in [1.807, 2.05) is 16.7 Å². The number of nitrogens with zero attached hydrogens (tertiary/aromatic N) is 3. The van der Waals surface area contributed by atoms with E-state index in [0.29, 0.717) is 13.2 Å². The van der Waals surface area contributed by atoms with Crippen molar-refractivity contribution in [2.75, 3.05) is 19.4 Å². The third-order valence-electron chi connectivity index (χ3n) is 3.01. The minimum absolute atomic E-state index is 0.127. The van der Waals surface area contributed by atoms with E-state index in [-0.39, 0.29) is 12.6 Å². The summed E-state index contributed by atoms with van der Waals surface area (Å²) in [6, 6.07) is 3.58. The van der Waals surface area contributed by atoms with Crippen molar-refractivity contribution < 1.29 is 13.2 Å². The maximum Gasteiger partial charge on any atom is 0.208 e. The first-order valence-corrected chi connectivity index (χ1v) is 7.78. The van der Waals surface area contributed by atoms with Crippen molar-refractivity contribution in [3.05, 3.63) is 24.2 Å². The normalized spacial score (nSPS) is 19.5. The summed E-state index contributed by atoms with van der Waals surface area (Å²) in [6.07, 6.45) is 2.84. The van der Waals surface area contributed by atoms with Crippen LogP contribution in [0.1, 0.15) is 11.9 Å². The molecule has 3 rings (SSSR count). The van der Waals surface area contributed by atoms with Crippen molar-refractivity contribution in [2.45, 2.75) is 12.6 Å². The molecule has 1 aliphatic heterocycles. The van der Waals surface area contributed by atoms with Gasteiger partial charge in [0.1, 0.15) is 17.9 Å². The monoisotopic (exact) mass is 282 g/mol. The zero-order valence-corrected chi connectivity index (χ0v) is 11.2. The van der Waals surface area contributed by atoms with Crippen LogP contribution < -0.4 is 4.72 Å². The number of hydrogen-bond donors (Lipinski definition) is 1. The molecule has 2 aromatic heterocycles. The Hall–Kier alpha value is -1.51. The predicted octanol–water partition coefficient (Wildman–Crippen LogP) is 0.0518. The molecule has 2 aromatic rings. The van der Waals surface area contributed by atoms with E-state index < -0.39 is 10.0 Å². The number of aromatic nitrogens is 3. The molecule has 0 fully saturated rings. The van der Waals surface area contributed by atoms with Crippen LogP contribution in [-0.4, -0.2) is 42.4 Å². The van der Waals surface area contributed by atoms with Gasteiger partial charge in [-0.05, 0) is 12.1 Å². The number of ether oxygens (including phenoxy) is 1. The van der Waals surface area contributed by atoms with Gasteiger partial charge in [-0.3, -0.25) is 0 Å². The molecule has 0 aromatic carbocycles. The fraction of sp³-hybridized carbons (Fsp3) is 0.455. The Morgan fingerprint density at radius 2 is 2.42 bits per heavy atom. The maximum atomic E-state index is 11.2. The van der Waals surface area contributed by atoms with E-state index in [1.54, 1.807) is 6.20 Å². The van der Waals surface area contributed by atoms with Crippen molar-refractivity contribution >= 4 is 21.2 Å². The lowest BCUT2D eigenvalue weighted by Gasteiger charge is -2.25. The van der Waals surface area contributed by atoms with Gasteiger partial charge in [0.15, 0.2) is 5.65 Å². The molecule has 0 radical (unpaired) electrons. The van der Waals surface area contributed by atoms with Crippen molar-refractivity contribution in [1.82, 2.24) is 19.3 Å². The summed E-state index contributed by atoms with van der Waals surface area (Å²) in [5, 5.41) is 0. The van der Waals surface area contributed by atoms with Crippen LogP contribution in [0.2, 0.25) is 0 Å². The average Bonchev–Trinajstić information content (AvgIpc) is 2.74. The molecular weight excluding hydrogens is 268 g/mol.